The van der Waals surface area contributed by atoms with Crippen molar-refractivity contribution in [2.75, 3.05) is 26.7 Å². The first-order valence-corrected chi connectivity index (χ1v) is 7.36. The van der Waals surface area contributed by atoms with Gasteiger partial charge in [0, 0.05) is 18.5 Å². The number of hydrogen-bond acceptors (Lipinski definition) is 3. The summed E-state index contributed by atoms with van der Waals surface area (Å²) in [7, 11) is 2.21. The SMILES string of the molecule is CN1CCCC(CNC2CCC(C(N)=O)CC2)C1. The van der Waals surface area contributed by atoms with Crippen LogP contribution in [0.5, 0.6) is 0 Å². The molecule has 1 aliphatic heterocycles. The van der Waals surface area contributed by atoms with E-state index >= 15 is 0 Å². The van der Waals surface area contributed by atoms with Gasteiger partial charge in [-0.15, -0.1) is 0 Å². The minimum atomic E-state index is -0.109. The fourth-order valence-corrected chi connectivity index (χ4v) is 3.36. The lowest BCUT2D eigenvalue weighted by molar-refractivity contribution is -0.122. The highest BCUT2D eigenvalue weighted by molar-refractivity contribution is 5.76. The minimum Gasteiger partial charge on any atom is -0.369 e. The number of rotatable bonds is 4. The molecule has 0 radical (unpaired) electrons. The zero-order valence-corrected chi connectivity index (χ0v) is 11.5. The molecule has 2 aliphatic rings. The van der Waals surface area contributed by atoms with E-state index in [4.69, 9.17) is 5.73 Å². The third kappa shape index (κ3) is 3.95. The summed E-state index contributed by atoms with van der Waals surface area (Å²) in [4.78, 5) is 13.5. The van der Waals surface area contributed by atoms with Gasteiger partial charge in [-0.05, 0) is 64.6 Å². The first-order chi connectivity index (χ1) is 8.65. The molecule has 2 fully saturated rings. The molecule has 1 unspecified atom stereocenters. The number of nitrogens with zero attached hydrogens (tertiary/aromatic N) is 1. The number of likely N-dealkylation sites (tertiary alicyclic amines) is 1. The van der Waals surface area contributed by atoms with Gasteiger partial charge in [0.1, 0.15) is 0 Å². The first kappa shape index (κ1) is 13.8. The Morgan fingerprint density at radius 1 is 1.28 bits per heavy atom. The van der Waals surface area contributed by atoms with Gasteiger partial charge in [-0.25, -0.2) is 0 Å². The van der Waals surface area contributed by atoms with E-state index in [2.05, 4.69) is 17.3 Å². The number of nitrogens with two attached hydrogens (primary N) is 1. The zero-order valence-electron chi connectivity index (χ0n) is 11.5. The van der Waals surface area contributed by atoms with Crippen molar-refractivity contribution in [2.45, 2.75) is 44.6 Å². The molecule has 4 heteroatoms. The molecule has 18 heavy (non-hydrogen) atoms. The molecule has 0 aromatic carbocycles. The minimum absolute atomic E-state index is 0.109. The standard InChI is InChI=1S/C14H27N3O/c1-17-8-2-3-11(10-17)9-16-13-6-4-12(5-7-13)14(15)18/h11-13,16H,2-10H2,1H3,(H2,15,18). The summed E-state index contributed by atoms with van der Waals surface area (Å²) in [5, 5.41) is 3.69. The fraction of sp³-hybridized carbons (Fsp3) is 0.929. The Labute approximate surface area is 110 Å². The first-order valence-electron chi connectivity index (χ1n) is 7.36. The molecule has 0 bridgehead atoms. The van der Waals surface area contributed by atoms with Gasteiger partial charge in [0.15, 0.2) is 0 Å². The monoisotopic (exact) mass is 253 g/mol. The van der Waals surface area contributed by atoms with E-state index in [1.165, 1.54) is 25.9 Å². The van der Waals surface area contributed by atoms with Crippen LogP contribution < -0.4 is 11.1 Å². The maximum Gasteiger partial charge on any atom is 0.220 e. The van der Waals surface area contributed by atoms with Crippen molar-refractivity contribution in [3.05, 3.63) is 0 Å². The number of nitrogens with one attached hydrogen (secondary N) is 1. The van der Waals surface area contributed by atoms with Crippen molar-refractivity contribution in [1.82, 2.24) is 10.2 Å². The van der Waals surface area contributed by atoms with Gasteiger partial charge < -0.3 is 16.0 Å². The largest absolute Gasteiger partial charge is 0.369 e. The molecule has 1 aliphatic carbocycles. The van der Waals surface area contributed by atoms with Gasteiger partial charge in [-0.2, -0.15) is 0 Å². The molecule has 1 saturated heterocycles. The van der Waals surface area contributed by atoms with Crippen LogP contribution in [0.4, 0.5) is 0 Å². The van der Waals surface area contributed by atoms with Gasteiger partial charge in [-0.3, -0.25) is 4.79 Å². The molecule has 1 atom stereocenters. The summed E-state index contributed by atoms with van der Waals surface area (Å²) in [5.74, 6) is 0.823. The van der Waals surface area contributed by atoms with Crippen LogP contribution in [0.15, 0.2) is 0 Å². The molecule has 1 amide bonds. The van der Waals surface area contributed by atoms with Gasteiger partial charge in [0.25, 0.3) is 0 Å². The number of carbonyl (C=O) groups excluding carboxylic acids is 1. The Kier molecular flexibility index (Phi) is 5.01. The molecule has 1 saturated carbocycles. The van der Waals surface area contributed by atoms with Crippen molar-refractivity contribution in [1.29, 1.82) is 0 Å². The molecule has 0 spiro atoms. The summed E-state index contributed by atoms with van der Waals surface area (Å²) < 4.78 is 0. The lowest BCUT2D eigenvalue weighted by Gasteiger charge is -2.33. The Bertz CT molecular complexity index is 274. The van der Waals surface area contributed by atoms with Crippen LogP contribution in [0.2, 0.25) is 0 Å². The average molecular weight is 253 g/mol. The lowest BCUT2D eigenvalue weighted by atomic mass is 9.85. The lowest BCUT2D eigenvalue weighted by Crippen LogP contribution is -2.42. The van der Waals surface area contributed by atoms with Gasteiger partial charge in [0.2, 0.25) is 5.91 Å². The highest BCUT2D eigenvalue weighted by Crippen LogP contribution is 2.24. The summed E-state index contributed by atoms with van der Waals surface area (Å²) in [5.41, 5.74) is 5.35. The highest BCUT2D eigenvalue weighted by atomic mass is 16.1. The van der Waals surface area contributed by atoms with Gasteiger partial charge >= 0.3 is 0 Å². The number of hydrogen-bond donors (Lipinski definition) is 2. The molecule has 1 heterocycles. The van der Waals surface area contributed by atoms with Crippen LogP contribution in [0.25, 0.3) is 0 Å². The number of amides is 1. The number of primary amides is 1. The maximum atomic E-state index is 11.1. The third-order valence-electron chi connectivity index (χ3n) is 4.55. The van der Waals surface area contributed by atoms with E-state index in [1.54, 1.807) is 0 Å². The molecule has 104 valence electrons. The second-order valence-corrected chi connectivity index (χ2v) is 6.13. The van der Waals surface area contributed by atoms with Crippen LogP contribution in [0, 0.1) is 11.8 Å². The molecule has 0 aromatic rings. The van der Waals surface area contributed by atoms with Crippen LogP contribution >= 0.6 is 0 Å². The third-order valence-corrected chi connectivity index (χ3v) is 4.55. The smallest absolute Gasteiger partial charge is 0.220 e. The zero-order chi connectivity index (χ0) is 13.0. The van der Waals surface area contributed by atoms with E-state index in [0.29, 0.717) is 6.04 Å². The molecule has 3 N–H and O–H groups in total. The quantitative estimate of drug-likeness (QED) is 0.784. The molecular weight excluding hydrogens is 226 g/mol. The predicted molar refractivity (Wildman–Crippen MR) is 73.2 cm³/mol. The van der Waals surface area contributed by atoms with E-state index in [1.807, 2.05) is 0 Å². The summed E-state index contributed by atoms with van der Waals surface area (Å²) in [6, 6.07) is 0.604. The average Bonchev–Trinajstić information content (AvgIpc) is 2.37. The predicted octanol–water partition coefficient (Wildman–Crippen LogP) is 0.962. The van der Waals surface area contributed by atoms with Crippen molar-refractivity contribution in [3.8, 4) is 0 Å². The summed E-state index contributed by atoms with van der Waals surface area (Å²) >= 11 is 0. The van der Waals surface area contributed by atoms with Crippen molar-refractivity contribution in [3.63, 3.8) is 0 Å². The number of piperidine rings is 1. The van der Waals surface area contributed by atoms with Crippen molar-refractivity contribution < 1.29 is 4.79 Å². The molecule has 2 rings (SSSR count). The normalized spacial score (nSPS) is 34.4. The fourth-order valence-electron chi connectivity index (χ4n) is 3.36. The Balaban J connectivity index is 1.64. The van der Waals surface area contributed by atoms with Crippen LogP contribution in [0.3, 0.4) is 0 Å². The second kappa shape index (κ2) is 6.53. The van der Waals surface area contributed by atoms with Crippen LogP contribution in [-0.2, 0) is 4.79 Å². The van der Waals surface area contributed by atoms with Crippen molar-refractivity contribution in [2.24, 2.45) is 17.6 Å². The summed E-state index contributed by atoms with van der Waals surface area (Å²) in [6.45, 7) is 3.61. The Hall–Kier alpha value is -0.610. The Morgan fingerprint density at radius 2 is 2.00 bits per heavy atom. The van der Waals surface area contributed by atoms with Gasteiger partial charge in [-0.1, -0.05) is 0 Å². The number of carbonyl (C=O) groups is 1. The highest BCUT2D eigenvalue weighted by Gasteiger charge is 2.25. The van der Waals surface area contributed by atoms with E-state index in [-0.39, 0.29) is 11.8 Å². The van der Waals surface area contributed by atoms with Crippen LogP contribution in [-0.4, -0.2) is 43.5 Å². The Morgan fingerprint density at radius 3 is 2.61 bits per heavy atom. The topological polar surface area (TPSA) is 58.4 Å². The van der Waals surface area contributed by atoms with Gasteiger partial charge in [0.05, 0.1) is 0 Å². The van der Waals surface area contributed by atoms with E-state index < -0.39 is 0 Å². The molecule has 4 nitrogen and oxygen atoms in total. The van der Waals surface area contributed by atoms with Crippen LogP contribution in [0.1, 0.15) is 38.5 Å². The van der Waals surface area contributed by atoms with E-state index in [9.17, 15) is 4.79 Å². The maximum absolute atomic E-state index is 11.1. The molecular formula is C14H27N3O. The summed E-state index contributed by atoms with van der Waals surface area (Å²) in [6.07, 6.45) is 6.84. The van der Waals surface area contributed by atoms with Crippen molar-refractivity contribution >= 4 is 5.91 Å². The second-order valence-electron chi connectivity index (χ2n) is 6.13. The molecule has 0 aromatic heterocycles. The van der Waals surface area contributed by atoms with E-state index in [0.717, 1.165) is 38.1 Å².